The minimum Gasteiger partial charge on any atom is -0.487 e. The normalized spacial score (nSPS) is 14.3. The molecule has 0 spiro atoms. The molecule has 196 valence electrons. The molecule has 4 aromatic rings. The number of nitrogens with one attached hydrogen (secondary N) is 1. The largest absolute Gasteiger partial charge is 0.487 e. The molecule has 1 aliphatic heterocycles. The second kappa shape index (κ2) is 11.2. The summed E-state index contributed by atoms with van der Waals surface area (Å²) in [5, 5.41) is 3.42. The van der Waals surface area contributed by atoms with E-state index in [0.717, 1.165) is 22.1 Å². The summed E-state index contributed by atoms with van der Waals surface area (Å²) in [5.41, 5.74) is 4.34. The van der Waals surface area contributed by atoms with Crippen LogP contribution in [0.15, 0.2) is 85.1 Å². The molecule has 8 nitrogen and oxygen atoms in total. The van der Waals surface area contributed by atoms with Crippen LogP contribution in [0.1, 0.15) is 23.6 Å². The number of anilines is 1. The molecule has 8 heteroatoms. The Morgan fingerprint density at radius 1 is 1.00 bits per heavy atom. The van der Waals surface area contributed by atoms with Gasteiger partial charge in [0.2, 0.25) is 5.91 Å². The quantitative estimate of drug-likeness (QED) is 0.273. The average molecular weight is 522 g/mol. The molecular weight excluding hydrogens is 494 g/mol. The maximum absolute atomic E-state index is 13.6. The molecular formula is C31H27N3O5. The van der Waals surface area contributed by atoms with Crippen LogP contribution < -0.4 is 15.0 Å². The first-order chi connectivity index (χ1) is 19.0. The van der Waals surface area contributed by atoms with Crippen LogP contribution in [0.2, 0.25) is 0 Å². The summed E-state index contributed by atoms with van der Waals surface area (Å²) in [6.45, 7) is 1.70. The van der Waals surface area contributed by atoms with Gasteiger partial charge in [0.05, 0.1) is 12.8 Å². The van der Waals surface area contributed by atoms with Crippen LogP contribution >= 0.6 is 0 Å². The minimum atomic E-state index is -0.827. The fourth-order valence-corrected chi connectivity index (χ4v) is 4.57. The smallest absolute Gasteiger partial charge is 0.328 e. The summed E-state index contributed by atoms with van der Waals surface area (Å²) in [6, 6.07) is 23.9. The number of carbonyl (C=O) groups is 3. The first-order valence-corrected chi connectivity index (χ1v) is 12.5. The van der Waals surface area contributed by atoms with Gasteiger partial charge in [0.1, 0.15) is 30.5 Å². The number of aromatic nitrogens is 1. The fraction of sp³-hybridized carbons (Fsp3) is 0.161. The molecule has 2 heterocycles. The Bertz CT molecular complexity index is 1580. The van der Waals surface area contributed by atoms with Crippen LogP contribution in [0.3, 0.4) is 0 Å². The van der Waals surface area contributed by atoms with Crippen molar-refractivity contribution < 1.29 is 23.9 Å². The molecule has 0 saturated heterocycles. The van der Waals surface area contributed by atoms with Gasteiger partial charge in [-0.05, 0) is 42.3 Å². The van der Waals surface area contributed by atoms with Crippen LogP contribution in [-0.4, -0.2) is 42.5 Å². The van der Waals surface area contributed by atoms with Gasteiger partial charge in [-0.2, -0.15) is 0 Å². The lowest BCUT2D eigenvalue weighted by molar-refractivity contribution is -0.144. The van der Waals surface area contributed by atoms with Gasteiger partial charge in [-0.1, -0.05) is 60.7 Å². The minimum absolute atomic E-state index is 0.233. The van der Waals surface area contributed by atoms with E-state index in [9.17, 15) is 14.4 Å². The number of hydrogen-bond donors (Lipinski definition) is 1. The zero-order chi connectivity index (χ0) is 27.4. The second-order valence-electron chi connectivity index (χ2n) is 9.11. The predicted octanol–water partition coefficient (Wildman–Crippen LogP) is 4.38. The van der Waals surface area contributed by atoms with E-state index in [1.165, 1.54) is 18.9 Å². The Morgan fingerprint density at radius 2 is 1.77 bits per heavy atom. The van der Waals surface area contributed by atoms with Gasteiger partial charge in [0.25, 0.3) is 5.91 Å². The monoisotopic (exact) mass is 521 g/mol. The molecule has 0 bridgehead atoms. The Morgan fingerprint density at radius 3 is 2.56 bits per heavy atom. The van der Waals surface area contributed by atoms with Crippen molar-refractivity contribution in [2.75, 3.05) is 18.6 Å². The standard InChI is InChI=1S/C31H27N3O5/c1-20(31(37)38-2)33-28(35)18-34-26-13-7-6-11-24(26)25(30(34)36)17-22-14-15-27(29-23(22)12-8-16-32-29)39-19-21-9-4-3-5-10-21/h3-17,20H,18-19H2,1-2H3,(H,33,35)/t20-/m0/s1. The highest BCUT2D eigenvalue weighted by Crippen LogP contribution is 2.39. The third-order valence-electron chi connectivity index (χ3n) is 6.50. The number of esters is 1. The molecule has 1 aromatic heterocycles. The highest BCUT2D eigenvalue weighted by molar-refractivity contribution is 6.36. The van der Waals surface area contributed by atoms with E-state index in [0.29, 0.717) is 29.1 Å². The number of rotatable bonds is 8. The summed E-state index contributed by atoms with van der Waals surface area (Å²) < 4.78 is 10.8. The number of hydrogen-bond acceptors (Lipinski definition) is 6. The number of ether oxygens (including phenoxy) is 2. The number of nitrogens with zero attached hydrogens (tertiary/aromatic N) is 2. The summed E-state index contributed by atoms with van der Waals surface area (Å²) in [4.78, 5) is 43.9. The lowest BCUT2D eigenvalue weighted by Crippen LogP contribution is -2.45. The van der Waals surface area contributed by atoms with E-state index in [-0.39, 0.29) is 12.5 Å². The molecule has 1 aliphatic rings. The number of carbonyl (C=O) groups excluding carboxylic acids is 3. The third-order valence-corrected chi connectivity index (χ3v) is 6.50. The maximum atomic E-state index is 13.6. The Balaban J connectivity index is 1.45. The van der Waals surface area contributed by atoms with Gasteiger partial charge in [-0.3, -0.25) is 19.5 Å². The molecule has 0 unspecified atom stereocenters. The highest BCUT2D eigenvalue weighted by Gasteiger charge is 2.34. The summed E-state index contributed by atoms with van der Waals surface area (Å²) in [6.07, 6.45) is 3.53. The zero-order valence-corrected chi connectivity index (χ0v) is 21.6. The zero-order valence-electron chi connectivity index (χ0n) is 21.6. The molecule has 1 N–H and O–H groups in total. The number of amides is 2. The SMILES string of the molecule is COC(=O)[C@H](C)NC(=O)CN1C(=O)C(=Cc2ccc(OCc3ccccc3)c3ncccc23)c2ccccc21. The van der Waals surface area contributed by atoms with Gasteiger partial charge in [-0.15, -0.1) is 0 Å². The van der Waals surface area contributed by atoms with Gasteiger partial charge in [0, 0.05) is 22.7 Å². The molecule has 0 radical (unpaired) electrons. The Hall–Kier alpha value is -4.98. The molecule has 0 fully saturated rings. The molecule has 3 aromatic carbocycles. The number of para-hydroxylation sites is 1. The van der Waals surface area contributed by atoms with E-state index in [1.807, 2.05) is 78.9 Å². The highest BCUT2D eigenvalue weighted by atomic mass is 16.5. The summed E-state index contributed by atoms with van der Waals surface area (Å²) >= 11 is 0. The van der Waals surface area contributed by atoms with Gasteiger partial charge < -0.3 is 14.8 Å². The van der Waals surface area contributed by atoms with Gasteiger partial charge >= 0.3 is 5.97 Å². The van der Waals surface area contributed by atoms with E-state index >= 15 is 0 Å². The maximum Gasteiger partial charge on any atom is 0.328 e. The average Bonchev–Trinajstić information content (AvgIpc) is 3.22. The van der Waals surface area contributed by atoms with Gasteiger partial charge in [-0.25, -0.2) is 4.79 Å². The summed E-state index contributed by atoms with van der Waals surface area (Å²) in [5.74, 6) is -0.688. The Kier molecular flexibility index (Phi) is 7.36. The molecule has 2 amide bonds. The number of fused-ring (bicyclic) bond motifs is 2. The van der Waals surface area contributed by atoms with E-state index in [4.69, 9.17) is 4.74 Å². The predicted molar refractivity (Wildman–Crippen MR) is 149 cm³/mol. The van der Waals surface area contributed by atoms with Crippen molar-refractivity contribution in [2.45, 2.75) is 19.6 Å². The number of pyridine rings is 1. The van der Waals surface area contributed by atoms with E-state index in [1.54, 1.807) is 12.3 Å². The van der Waals surface area contributed by atoms with Crippen molar-refractivity contribution in [3.63, 3.8) is 0 Å². The van der Waals surface area contributed by atoms with Crippen LogP contribution in [0.25, 0.3) is 22.6 Å². The lowest BCUT2D eigenvalue weighted by Gasteiger charge is -2.18. The Labute approximate surface area is 225 Å². The third kappa shape index (κ3) is 5.36. The second-order valence-corrected chi connectivity index (χ2v) is 9.11. The van der Waals surface area contributed by atoms with Gasteiger partial charge in [0.15, 0.2) is 0 Å². The van der Waals surface area contributed by atoms with Crippen LogP contribution in [-0.2, 0) is 25.7 Å². The first kappa shape index (κ1) is 25.7. The van der Waals surface area contributed by atoms with Crippen molar-refractivity contribution in [3.8, 4) is 5.75 Å². The molecule has 0 saturated carbocycles. The van der Waals surface area contributed by atoms with Crippen LogP contribution in [0.5, 0.6) is 5.75 Å². The first-order valence-electron chi connectivity index (χ1n) is 12.5. The van der Waals surface area contributed by atoms with Crippen molar-refractivity contribution in [3.05, 3.63) is 102 Å². The molecule has 1 atom stereocenters. The topological polar surface area (TPSA) is 97.8 Å². The van der Waals surface area contributed by atoms with Crippen molar-refractivity contribution >= 4 is 46.0 Å². The molecule has 39 heavy (non-hydrogen) atoms. The lowest BCUT2D eigenvalue weighted by atomic mass is 10.0. The number of methoxy groups -OCH3 is 1. The van der Waals surface area contributed by atoms with E-state index in [2.05, 4.69) is 15.0 Å². The van der Waals surface area contributed by atoms with E-state index < -0.39 is 17.9 Å². The van der Waals surface area contributed by atoms with Crippen LogP contribution in [0.4, 0.5) is 5.69 Å². The molecule has 5 rings (SSSR count). The summed E-state index contributed by atoms with van der Waals surface area (Å²) in [7, 11) is 1.25. The van der Waals surface area contributed by atoms with Crippen molar-refractivity contribution in [1.82, 2.24) is 10.3 Å². The fourth-order valence-electron chi connectivity index (χ4n) is 4.57. The molecule has 0 aliphatic carbocycles. The van der Waals surface area contributed by atoms with Crippen LogP contribution in [0, 0.1) is 0 Å². The number of benzene rings is 3. The van der Waals surface area contributed by atoms with Crippen molar-refractivity contribution in [1.29, 1.82) is 0 Å². The van der Waals surface area contributed by atoms with Crippen molar-refractivity contribution in [2.24, 2.45) is 0 Å².